The van der Waals surface area contributed by atoms with E-state index in [0.717, 1.165) is 18.6 Å². The molecule has 2 rings (SSSR count). The van der Waals surface area contributed by atoms with E-state index in [4.69, 9.17) is 13.2 Å². The molecule has 4 heteroatoms. The first kappa shape index (κ1) is 23.5. The second kappa shape index (κ2) is 12.0. The lowest BCUT2D eigenvalue weighted by atomic mass is 9.59. The lowest BCUT2D eigenvalue weighted by Gasteiger charge is -2.46. The number of hydrogen-bond acceptors (Lipinski definition) is 3. The fraction of sp³-hybridized carbons (Fsp3) is 0.833. The molecule has 1 aromatic rings. The highest BCUT2D eigenvalue weighted by molar-refractivity contribution is 7.34. The number of unbranched alkanes of at least 4 members (excludes halogenated alkanes) is 4. The van der Waals surface area contributed by atoms with Crippen LogP contribution in [0.4, 0.5) is 0 Å². The van der Waals surface area contributed by atoms with E-state index >= 15 is 0 Å². The third-order valence-electron chi connectivity index (χ3n) is 6.64. The molecule has 1 aromatic heterocycles. The summed E-state index contributed by atoms with van der Waals surface area (Å²) in [6.45, 7) is 11.6. The molecule has 1 heterocycles. The molecular weight excluding hydrogens is 367 g/mol. The summed E-state index contributed by atoms with van der Waals surface area (Å²) in [5.74, 6) is 1.79. The normalized spacial score (nSPS) is 22.8. The zero-order valence-electron chi connectivity index (χ0n) is 19.0. The van der Waals surface area contributed by atoms with Crippen LogP contribution in [0.1, 0.15) is 118 Å². The van der Waals surface area contributed by atoms with Gasteiger partial charge < -0.3 is 4.52 Å². The molecule has 0 aliphatic heterocycles. The molecule has 0 N–H and O–H groups in total. The Morgan fingerprint density at radius 3 is 2.11 bits per heavy atom. The first-order valence-corrected chi connectivity index (χ1v) is 13.0. The van der Waals surface area contributed by atoms with Crippen LogP contribution in [0.5, 0.6) is 0 Å². The largest absolute Gasteiger partial charge is 0.529 e. The molecule has 1 aliphatic carbocycles. The Hall–Kier alpha value is -0.820. The average molecular weight is 411 g/mol. The summed E-state index contributed by atoms with van der Waals surface area (Å²) in [5.41, 5.74) is 3.26. The Labute approximate surface area is 174 Å². The van der Waals surface area contributed by atoms with E-state index in [2.05, 4.69) is 40.7 Å². The molecule has 162 valence electrons. The zero-order valence-corrected chi connectivity index (χ0v) is 19.9. The minimum Gasteiger partial charge on any atom is -0.387 e. The molecule has 0 aromatic carbocycles. The van der Waals surface area contributed by atoms with Crippen molar-refractivity contribution < 1.29 is 13.2 Å². The van der Waals surface area contributed by atoms with Gasteiger partial charge >= 0.3 is 8.24 Å². The Morgan fingerprint density at radius 2 is 1.54 bits per heavy atom. The van der Waals surface area contributed by atoms with E-state index in [1.165, 1.54) is 76.2 Å². The first-order chi connectivity index (χ1) is 13.7. The summed E-state index contributed by atoms with van der Waals surface area (Å²) < 4.78 is 16.5. The van der Waals surface area contributed by atoms with Crippen LogP contribution in [-0.4, -0.2) is 0 Å². The maximum absolute atomic E-state index is 6.34. The van der Waals surface area contributed by atoms with E-state index in [9.17, 15) is 0 Å². The Balaban J connectivity index is 2.52. The fourth-order valence-corrected chi connectivity index (χ4v) is 5.44. The Kier molecular flexibility index (Phi) is 10.1. The molecule has 3 nitrogen and oxygen atoms in total. The van der Waals surface area contributed by atoms with Crippen LogP contribution in [0.15, 0.2) is 31.7 Å². The topological polar surface area (TPSA) is 35.5 Å². The minimum atomic E-state index is -1.14. The van der Waals surface area contributed by atoms with Crippen molar-refractivity contribution >= 4 is 8.24 Å². The SMILES string of the molecule is CCCCC1=CC(CCCC)C(CC)(CCCC)C(CCCC)=C1Op1oo1. The molecule has 0 spiro atoms. The van der Waals surface area contributed by atoms with Gasteiger partial charge in [-0.1, -0.05) is 79.2 Å². The molecular formula is C24H43O3P. The van der Waals surface area contributed by atoms with Crippen LogP contribution in [0.2, 0.25) is 0 Å². The maximum atomic E-state index is 6.34. The van der Waals surface area contributed by atoms with E-state index in [-0.39, 0.29) is 5.41 Å². The second-order valence-electron chi connectivity index (χ2n) is 8.53. The predicted octanol–water partition coefficient (Wildman–Crippen LogP) is 9.26. The van der Waals surface area contributed by atoms with Crippen molar-refractivity contribution in [3.8, 4) is 0 Å². The molecule has 0 bridgehead atoms. The van der Waals surface area contributed by atoms with Gasteiger partial charge in [-0.25, -0.2) is 0 Å². The monoisotopic (exact) mass is 410 g/mol. The van der Waals surface area contributed by atoms with Crippen LogP contribution in [0.25, 0.3) is 0 Å². The molecule has 2 atom stereocenters. The van der Waals surface area contributed by atoms with Crippen LogP contribution in [0.3, 0.4) is 0 Å². The highest BCUT2D eigenvalue weighted by atomic mass is 31.1. The van der Waals surface area contributed by atoms with E-state index < -0.39 is 8.24 Å². The lowest BCUT2D eigenvalue weighted by Crippen LogP contribution is -2.36. The van der Waals surface area contributed by atoms with E-state index in [1.54, 1.807) is 5.57 Å². The van der Waals surface area contributed by atoms with Gasteiger partial charge in [0.15, 0.2) is 0 Å². The molecule has 0 saturated carbocycles. The van der Waals surface area contributed by atoms with Gasteiger partial charge in [-0.05, 0) is 62.0 Å². The second-order valence-corrected chi connectivity index (χ2v) is 9.46. The van der Waals surface area contributed by atoms with E-state index in [1.807, 2.05) is 0 Å². The molecule has 0 saturated heterocycles. The van der Waals surface area contributed by atoms with Gasteiger partial charge in [-0.15, -0.1) is 0 Å². The molecule has 0 radical (unpaired) electrons. The van der Waals surface area contributed by atoms with Gasteiger partial charge in [0.2, 0.25) is 0 Å². The average Bonchev–Trinajstić information content (AvgIpc) is 3.53. The van der Waals surface area contributed by atoms with Crippen LogP contribution < -0.4 is 4.52 Å². The number of hydrogen-bond donors (Lipinski definition) is 0. The van der Waals surface area contributed by atoms with Crippen LogP contribution in [-0.2, 0) is 0 Å². The van der Waals surface area contributed by atoms with Gasteiger partial charge in [0.05, 0.1) is 0 Å². The summed E-state index contributed by atoms with van der Waals surface area (Å²) in [6.07, 6.45) is 18.7. The van der Waals surface area contributed by atoms with Crippen molar-refractivity contribution in [2.45, 2.75) is 118 Å². The van der Waals surface area contributed by atoms with E-state index in [0.29, 0.717) is 5.92 Å². The summed E-state index contributed by atoms with van der Waals surface area (Å²) in [5, 5.41) is 0. The van der Waals surface area contributed by atoms with Crippen molar-refractivity contribution in [1.29, 1.82) is 0 Å². The third kappa shape index (κ3) is 5.85. The predicted molar refractivity (Wildman–Crippen MR) is 120 cm³/mol. The van der Waals surface area contributed by atoms with Gasteiger partial charge in [-0.3, -0.25) is 0 Å². The van der Waals surface area contributed by atoms with Crippen molar-refractivity contribution in [3.05, 3.63) is 23.0 Å². The van der Waals surface area contributed by atoms with Crippen molar-refractivity contribution in [2.75, 3.05) is 0 Å². The molecule has 2 unspecified atom stereocenters. The highest BCUT2D eigenvalue weighted by Gasteiger charge is 2.44. The maximum Gasteiger partial charge on any atom is 0.529 e. The standard InChI is InChI=1S/C24H43O3P/c1-6-11-15-20-19-21(16-12-7-2)24(10-5,18-14-9-4)22(17-13-8-3)23(20)25-28-26-27-28/h19,21H,6-18H2,1-5H3. The Bertz CT molecular complexity index is 595. The molecule has 0 fully saturated rings. The summed E-state index contributed by atoms with van der Waals surface area (Å²) in [4.78, 5) is 0. The van der Waals surface area contributed by atoms with Crippen LogP contribution >= 0.6 is 8.24 Å². The highest BCUT2D eigenvalue weighted by Crippen LogP contribution is 2.55. The molecule has 28 heavy (non-hydrogen) atoms. The summed E-state index contributed by atoms with van der Waals surface area (Å²) >= 11 is 0. The third-order valence-corrected chi connectivity index (χ3v) is 7.24. The van der Waals surface area contributed by atoms with Crippen molar-refractivity contribution in [1.82, 2.24) is 0 Å². The number of allylic oxidation sites excluding steroid dienone is 3. The summed E-state index contributed by atoms with van der Waals surface area (Å²) in [7, 11) is -1.14. The Morgan fingerprint density at radius 1 is 0.893 bits per heavy atom. The smallest absolute Gasteiger partial charge is 0.387 e. The van der Waals surface area contributed by atoms with Crippen LogP contribution in [0, 0.1) is 11.3 Å². The fourth-order valence-electron chi connectivity index (χ4n) is 4.90. The van der Waals surface area contributed by atoms with Crippen molar-refractivity contribution in [3.63, 3.8) is 0 Å². The molecule has 0 amide bonds. The van der Waals surface area contributed by atoms with Gasteiger partial charge in [0.25, 0.3) is 0 Å². The lowest BCUT2D eigenvalue weighted by molar-refractivity contribution is 0.183. The zero-order chi connectivity index (χ0) is 20.4. The number of rotatable bonds is 15. The van der Waals surface area contributed by atoms with Gasteiger partial charge in [0.1, 0.15) is 5.76 Å². The molecule has 1 aliphatic rings. The van der Waals surface area contributed by atoms with Crippen molar-refractivity contribution in [2.24, 2.45) is 11.3 Å². The quantitative estimate of drug-likeness (QED) is 0.270. The van der Waals surface area contributed by atoms with Gasteiger partial charge in [0, 0.05) is 5.41 Å². The minimum absolute atomic E-state index is 0.247. The first-order valence-electron chi connectivity index (χ1n) is 11.9. The van der Waals surface area contributed by atoms with Gasteiger partial charge in [-0.2, -0.15) is 8.71 Å². The summed E-state index contributed by atoms with van der Waals surface area (Å²) in [6, 6.07) is 0.